The van der Waals surface area contributed by atoms with Crippen molar-refractivity contribution in [2.75, 3.05) is 18.6 Å². The molecule has 0 spiro atoms. The SMILES string of the molecule is CO.N=C(N)c1cc(F)c(Cn2ccc3cc[n+](CC4=C(C(=O)[O-])N5C(=O)[C@@H](NC(=O)C(=N)c6csc(N)n6)[C@H]5SC4)cc32)c(Cl)c1. The maximum atomic E-state index is 14.9. The van der Waals surface area contributed by atoms with Crippen LogP contribution in [0.3, 0.4) is 0 Å². The highest BCUT2D eigenvalue weighted by Crippen LogP contribution is 2.40. The molecule has 5 heterocycles. The summed E-state index contributed by atoms with van der Waals surface area (Å²) in [5, 5.41) is 39.3. The number of carboxylic acid groups (broad SMARTS) is 1. The fraction of sp³-hybridized carbons (Fsp3) is 0.207. The van der Waals surface area contributed by atoms with Gasteiger partial charge in [0.1, 0.15) is 40.0 Å². The average molecular weight is 700 g/mol. The van der Waals surface area contributed by atoms with Gasteiger partial charge < -0.3 is 36.4 Å². The van der Waals surface area contributed by atoms with Crippen LogP contribution in [0, 0.1) is 16.6 Å². The zero-order valence-corrected chi connectivity index (χ0v) is 26.9. The predicted octanol–water partition coefficient (Wildman–Crippen LogP) is 0.173. The van der Waals surface area contributed by atoms with Crippen molar-refractivity contribution in [1.29, 1.82) is 10.8 Å². The number of hydrogen-bond acceptors (Lipinski definition) is 11. The fourth-order valence-electron chi connectivity index (χ4n) is 5.23. The van der Waals surface area contributed by atoms with Crippen molar-refractivity contribution in [3.8, 4) is 0 Å². The molecule has 1 aromatic carbocycles. The molecule has 0 saturated carbocycles. The van der Waals surface area contributed by atoms with Gasteiger partial charge in [-0.15, -0.1) is 23.1 Å². The Balaban J connectivity index is 0.00000213. The van der Waals surface area contributed by atoms with Gasteiger partial charge in [-0.05, 0) is 18.2 Å². The Hall–Kier alpha value is -4.84. The third-order valence-electron chi connectivity index (χ3n) is 7.46. The lowest BCUT2D eigenvalue weighted by atomic mass is 10.0. The Labute approximate surface area is 279 Å². The third kappa shape index (κ3) is 6.42. The molecular formula is C29H27ClFN9O5S2. The zero-order valence-electron chi connectivity index (χ0n) is 24.5. The van der Waals surface area contributed by atoms with E-state index in [1.165, 1.54) is 23.2 Å². The quantitative estimate of drug-likeness (QED) is 0.0604. The lowest BCUT2D eigenvalue weighted by Crippen LogP contribution is -2.71. The van der Waals surface area contributed by atoms with Crippen LogP contribution in [0.15, 0.2) is 59.5 Å². The largest absolute Gasteiger partial charge is 0.543 e. The van der Waals surface area contributed by atoms with Gasteiger partial charge in [0.15, 0.2) is 24.1 Å². The van der Waals surface area contributed by atoms with Crippen molar-refractivity contribution in [3.63, 3.8) is 0 Å². The number of nitrogens with two attached hydrogens (primary N) is 2. The average Bonchev–Trinajstić information content (AvgIpc) is 3.67. The molecule has 2 atom stereocenters. The van der Waals surface area contributed by atoms with Crippen LogP contribution >= 0.6 is 34.7 Å². The first kappa shape index (κ1) is 33.5. The number of hydrogen-bond donors (Lipinski definition) is 6. The number of aromatic nitrogens is 3. The van der Waals surface area contributed by atoms with Crippen molar-refractivity contribution >= 4 is 80.1 Å². The van der Waals surface area contributed by atoms with Crippen molar-refractivity contribution < 1.29 is 33.6 Å². The van der Waals surface area contributed by atoms with E-state index in [0.29, 0.717) is 11.1 Å². The molecule has 6 rings (SSSR count). The lowest BCUT2D eigenvalue weighted by Gasteiger charge is -2.50. The fourth-order valence-corrected chi connectivity index (χ4v) is 7.39. The molecule has 3 aromatic heterocycles. The van der Waals surface area contributed by atoms with Gasteiger partial charge in [-0.2, -0.15) is 4.57 Å². The number of aliphatic hydroxyl groups excluding tert-OH is 1. The molecule has 0 unspecified atom stereocenters. The summed E-state index contributed by atoms with van der Waals surface area (Å²) in [6.07, 6.45) is 5.31. The van der Waals surface area contributed by atoms with Gasteiger partial charge in [0.25, 0.3) is 11.8 Å². The molecule has 18 heteroatoms. The Morgan fingerprint density at radius 3 is 2.68 bits per heavy atom. The first-order valence-electron chi connectivity index (χ1n) is 13.7. The summed E-state index contributed by atoms with van der Waals surface area (Å²) < 4.78 is 18.4. The molecule has 0 aliphatic carbocycles. The molecular weight excluding hydrogens is 673 g/mol. The smallest absolute Gasteiger partial charge is 0.272 e. The number of β-lactam (4-membered cyclic amide) rings is 1. The molecule has 1 fully saturated rings. The molecule has 2 aliphatic rings. The van der Waals surface area contributed by atoms with Crippen molar-refractivity contribution in [1.82, 2.24) is 19.8 Å². The number of carbonyl (C=O) groups is 3. The van der Waals surface area contributed by atoms with Gasteiger partial charge in [-0.25, -0.2) is 9.37 Å². The Bertz CT molecular complexity index is 1970. The molecule has 0 bridgehead atoms. The van der Waals surface area contributed by atoms with E-state index in [1.807, 2.05) is 12.1 Å². The number of nitrogens with one attached hydrogen (secondary N) is 3. The summed E-state index contributed by atoms with van der Waals surface area (Å²) in [7, 11) is 1.00. The number of benzene rings is 1. The van der Waals surface area contributed by atoms with Crippen molar-refractivity contribution in [2.24, 2.45) is 5.73 Å². The molecule has 1 saturated heterocycles. The first-order valence-corrected chi connectivity index (χ1v) is 16.0. The van der Waals surface area contributed by atoms with Crippen LogP contribution in [-0.2, 0) is 27.5 Å². The summed E-state index contributed by atoms with van der Waals surface area (Å²) in [4.78, 5) is 43.0. The number of thiazole rings is 1. The molecule has 2 aliphatic heterocycles. The minimum atomic E-state index is -1.52. The number of carbonyl (C=O) groups excluding carboxylic acids is 3. The van der Waals surface area contributed by atoms with Crippen LogP contribution in [-0.4, -0.2) is 73.2 Å². The highest BCUT2D eigenvalue weighted by molar-refractivity contribution is 8.00. The van der Waals surface area contributed by atoms with Crippen LogP contribution in [0.5, 0.6) is 0 Å². The molecule has 14 nitrogen and oxygen atoms in total. The highest BCUT2D eigenvalue weighted by Gasteiger charge is 2.53. The van der Waals surface area contributed by atoms with Crippen LogP contribution in [0.1, 0.15) is 16.8 Å². The summed E-state index contributed by atoms with van der Waals surface area (Å²) >= 11 is 8.68. The number of rotatable bonds is 9. The van der Waals surface area contributed by atoms with E-state index in [-0.39, 0.29) is 57.4 Å². The maximum absolute atomic E-state index is 14.9. The van der Waals surface area contributed by atoms with Crippen molar-refractivity contribution in [2.45, 2.75) is 24.5 Å². The molecule has 47 heavy (non-hydrogen) atoms. The number of nitrogens with zero attached hydrogens (tertiary/aromatic N) is 4. The second kappa shape index (κ2) is 13.5. The number of carboxylic acids is 1. The van der Waals surface area contributed by atoms with Gasteiger partial charge in [0, 0.05) is 57.6 Å². The standard InChI is InChI=1S/C28H23ClFN9O4S2.CH4O/c29-16-5-13(23(32)33)6-17(30)15(16)8-38-4-2-12-1-3-37(9-19(12)38)7-14-10-44-26-21(25(41)39(26)22(14)27(42)43)36-24(40)20(31)18-11-45-28(34)35-18;1-2/h1-6,9,11,21,26,31H,7-8,10H2,(H6-,32,33,34,35,36,40,42,43);2H,1H3/t21-,26-;/m1./s1. The summed E-state index contributed by atoms with van der Waals surface area (Å²) in [6, 6.07) is 5.24. The predicted molar refractivity (Wildman–Crippen MR) is 172 cm³/mol. The first-order chi connectivity index (χ1) is 22.4. The van der Waals surface area contributed by atoms with Gasteiger partial charge >= 0.3 is 0 Å². The normalized spacial score (nSPS) is 17.0. The zero-order chi connectivity index (χ0) is 34.2. The second-order valence-corrected chi connectivity index (χ2v) is 12.7. The third-order valence-corrected chi connectivity index (χ3v) is 9.81. The van der Waals surface area contributed by atoms with Crippen LogP contribution in [0.25, 0.3) is 10.9 Å². The number of anilines is 1. The summed E-state index contributed by atoms with van der Waals surface area (Å²) in [5.74, 6) is -3.65. The number of amides is 2. The monoisotopic (exact) mass is 699 g/mol. The van der Waals surface area contributed by atoms with Gasteiger partial charge in [0.05, 0.1) is 18.2 Å². The van der Waals surface area contributed by atoms with E-state index in [2.05, 4.69) is 10.3 Å². The molecule has 0 radical (unpaired) electrons. The minimum absolute atomic E-state index is 0.0757. The van der Waals surface area contributed by atoms with Crippen LogP contribution in [0.4, 0.5) is 9.52 Å². The van der Waals surface area contributed by atoms with Crippen molar-refractivity contribution in [3.05, 3.63) is 87.2 Å². The second-order valence-electron chi connectivity index (χ2n) is 10.3. The van der Waals surface area contributed by atoms with E-state index >= 15 is 0 Å². The number of nitrogen functional groups attached to an aromatic ring is 2. The maximum Gasteiger partial charge on any atom is 0.272 e. The molecule has 2 amide bonds. The Kier molecular flexibility index (Phi) is 9.62. The van der Waals surface area contributed by atoms with Crippen LogP contribution in [0.2, 0.25) is 5.02 Å². The highest BCUT2D eigenvalue weighted by atomic mass is 35.5. The van der Waals surface area contributed by atoms with E-state index in [0.717, 1.165) is 34.8 Å². The van der Waals surface area contributed by atoms with Crippen LogP contribution < -0.4 is 26.5 Å². The Morgan fingerprint density at radius 2 is 2.04 bits per heavy atom. The van der Waals surface area contributed by atoms with Gasteiger partial charge in [-0.1, -0.05) is 11.6 Å². The summed E-state index contributed by atoms with van der Waals surface area (Å²) in [5.41, 5.74) is 11.9. The lowest BCUT2D eigenvalue weighted by molar-refractivity contribution is -0.687. The molecule has 244 valence electrons. The molecule has 8 N–H and O–H groups in total. The number of pyridine rings is 1. The number of thioether (sulfide) groups is 1. The topological polar surface area (TPSA) is 231 Å². The number of aliphatic carboxylic acids is 1. The van der Waals surface area contributed by atoms with E-state index in [1.54, 1.807) is 27.7 Å². The minimum Gasteiger partial charge on any atom is -0.543 e. The number of amidine groups is 1. The Morgan fingerprint density at radius 1 is 1.30 bits per heavy atom. The number of halogens is 2. The molecule has 4 aromatic rings. The van der Waals surface area contributed by atoms with E-state index in [4.69, 9.17) is 39.0 Å². The van der Waals surface area contributed by atoms with E-state index < -0.39 is 40.7 Å². The van der Waals surface area contributed by atoms with Gasteiger partial charge in [-0.3, -0.25) is 25.3 Å². The van der Waals surface area contributed by atoms with E-state index in [9.17, 15) is 23.9 Å². The van der Waals surface area contributed by atoms with Gasteiger partial charge in [0.2, 0.25) is 0 Å². The number of aliphatic hydroxyl groups is 1. The number of fused-ring (bicyclic) bond motifs is 2. The summed E-state index contributed by atoms with van der Waals surface area (Å²) in [6.45, 7) is 0.201.